The van der Waals surface area contributed by atoms with Gasteiger partial charge in [-0.1, -0.05) is 12.1 Å². The Balaban J connectivity index is 1.94. The Morgan fingerprint density at radius 2 is 1.96 bits per heavy atom. The van der Waals surface area contributed by atoms with Crippen LogP contribution in [-0.2, 0) is 0 Å². The lowest BCUT2D eigenvalue weighted by Crippen LogP contribution is -2.13. The molecule has 3 aromatic rings. The van der Waals surface area contributed by atoms with E-state index in [-0.39, 0.29) is 11.9 Å². The Hall–Kier alpha value is -3.33. The zero-order valence-electron chi connectivity index (χ0n) is 14.8. The number of ketones is 1. The summed E-state index contributed by atoms with van der Waals surface area (Å²) in [6, 6.07) is 14.4. The second-order valence-electron chi connectivity index (χ2n) is 6.10. The number of carbonyl (C=O) groups is 1. The fraction of sp³-hybridized carbons (Fsp3) is 0.250. The summed E-state index contributed by atoms with van der Waals surface area (Å²) in [7, 11) is 1.51. The standard InChI is InChI=1S/C20H19N3O3/c1-12(2)26-17-9-8-13(10-18(17)25-3)19(24)14(11-21)20-22-15-6-4-5-7-16(15)23-20/h4-10,12,14H,1-3H3,(H,22,23). The van der Waals surface area contributed by atoms with Crippen LogP contribution in [0.15, 0.2) is 42.5 Å². The van der Waals surface area contributed by atoms with Crippen LogP contribution in [0.25, 0.3) is 11.0 Å². The van der Waals surface area contributed by atoms with Crippen LogP contribution in [0, 0.1) is 11.3 Å². The molecule has 1 aromatic heterocycles. The summed E-state index contributed by atoms with van der Waals surface area (Å²) in [5, 5.41) is 9.55. The Kier molecular flexibility index (Phi) is 4.90. The number of carbonyl (C=O) groups excluding carboxylic acids is 1. The average molecular weight is 349 g/mol. The van der Waals surface area contributed by atoms with Crippen molar-refractivity contribution in [3.8, 4) is 17.6 Å². The van der Waals surface area contributed by atoms with Crippen LogP contribution >= 0.6 is 0 Å². The molecule has 132 valence electrons. The minimum Gasteiger partial charge on any atom is -0.493 e. The largest absolute Gasteiger partial charge is 0.493 e. The summed E-state index contributed by atoms with van der Waals surface area (Å²) in [5.74, 6) is -0.0350. The number of para-hydroxylation sites is 2. The lowest BCUT2D eigenvalue weighted by Gasteiger charge is -2.14. The zero-order chi connectivity index (χ0) is 18.7. The number of aromatic amines is 1. The molecule has 6 nitrogen and oxygen atoms in total. The van der Waals surface area contributed by atoms with Gasteiger partial charge in [-0.15, -0.1) is 0 Å². The van der Waals surface area contributed by atoms with E-state index in [0.717, 1.165) is 5.52 Å². The first-order valence-corrected chi connectivity index (χ1v) is 8.26. The second-order valence-corrected chi connectivity index (χ2v) is 6.10. The average Bonchev–Trinajstić information content (AvgIpc) is 3.05. The van der Waals surface area contributed by atoms with E-state index in [9.17, 15) is 10.1 Å². The van der Waals surface area contributed by atoms with Gasteiger partial charge in [0, 0.05) is 5.56 Å². The van der Waals surface area contributed by atoms with Gasteiger partial charge in [0.05, 0.1) is 30.3 Å². The molecular formula is C20H19N3O3. The number of hydrogen-bond donors (Lipinski definition) is 1. The Morgan fingerprint density at radius 3 is 2.62 bits per heavy atom. The molecule has 0 aliphatic carbocycles. The Morgan fingerprint density at radius 1 is 1.19 bits per heavy atom. The van der Waals surface area contributed by atoms with E-state index in [1.165, 1.54) is 7.11 Å². The number of aromatic nitrogens is 2. The van der Waals surface area contributed by atoms with Crippen LogP contribution in [0.4, 0.5) is 0 Å². The number of Topliss-reactive ketones (excluding diaryl/α,β-unsaturated/α-hetero) is 1. The lowest BCUT2D eigenvalue weighted by atomic mass is 9.98. The number of benzene rings is 2. The van der Waals surface area contributed by atoms with E-state index >= 15 is 0 Å². The summed E-state index contributed by atoms with van der Waals surface area (Å²) in [6.45, 7) is 3.82. The summed E-state index contributed by atoms with van der Waals surface area (Å²) in [6.07, 6.45) is -0.0205. The summed E-state index contributed by atoms with van der Waals surface area (Å²) in [4.78, 5) is 20.3. The number of rotatable bonds is 6. The van der Waals surface area contributed by atoms with E-state index in [1.54, 1.807) is 18.2 Å². The number of ether oxygens (including phenoxy) is 2. The SMILES string of the molecule is COc1cc(C(=O)C(C#N)c2nc3ccccc3[nH]2)ccc1OC(C)C. The van der Waals surface area contributed by atoms with Crippen molar-refractivity contribution in [3.05, 3.63) is 53.9 Å². The van der Waals surface area contributed by atoms with Gasteiger partial charge < -0.3 is 14.5 Å². The summed E-state index contributed by atoms with van der Waals surface area (Å²) < 4.78 is 11.0. The van der Waals surface area contributed by atoms with Crippen molar-refractivity contribution in [1.82, 2.24) is 9.97 Å². The van der Waals surface area contributed by atoms with Crippen molar-refractivity contribution in [2.75, 3.05) is 7.11 Å². The molecule has 1 N–H and O–H groups in total. The van der Waals surface area contributed by atoms with E-state index < -0.39 is 5.92 Å². The maximum Gasteiger partial charge on any atom is 0.187 e. The van der Waals surface area contributed by atoms with Crippen molar-refractivity contribution in [1.29, 1.82) is 5.26 Å². The first-order chi connectivity index (χ1) is 12.5. The smallest absolute Gasteiger partial charge is 0.187 e. The van der Waals surface area contributed by atoms with Crippen LogP contribution in [0.2, 0.25) is 0 Å². The predicted octanol–water partition coefficient (Wildman–Crippen LogP) is 3.85. The lowest BCUT2D eigenvalue weighted by molar-refractivity contribution is 0.0976. The molecule has 0 saturated heterocycles. The van der Waals surface area contributed by atoms with Crippen LogP contribution in [-0.4, -0.2) is 29.0 Å². The van der Waals surface area contributed by atoms with E-state index in [2.05, 4.69) is 9.97 Å². The van der Waals surface area contributed by atoms with Crippen molar-refractivity contribution >= 4 is 16.8 Å². The molecule has 0 aliphatic heterocycles. The highest BCUT2D eigenvalue weighted by Crippen LogP contribution is 2.31. The molecule has 2 aromatic carbocycles. The molecule has 1 heterocycles. The Labute approximate surface area is 151 Å². The highest BCUT2D eigenvalue weighted by molar-refractivity contribution is 6.03. The van der Waals surface area contributed by atoms with Gasteiger partial charge in [-0.3, -0.25) is 4.79 Å². The van der Waals surface area contributed by atoms with Crippen LogP contribution < -0.4 is 9.47 Å². The predicted molar refractivity (Wildman–Crippen MR) is 97.5 cm³/mol. The highest BCUT2D eigenvalue weighted by atomic mass is 16.5. The molecule has 0 aliphatic rings. The first-order valence-electron chi connectivity index (χ1n) is 8.26. The van der Waals surface area contributed by atoms with E-state index in [0.29, 0.717) is 28.4 Å². The summed E-state index contributed by atoms with van der Waals surface area (Å²) >= 11 is 0. The number of nitrogens with zero attached hydrogens (tertiary/aromatic N) is 2. The third-order valence-corrected chi connectivity index (χ3v) is 3.88. The van der Waals surface area contributed by atoms with Gasteiger partial charge in [0.1, 0.15) is 5.82 Å². The molecule has 0 amide bonds. The maximum atomic E-state index is 12.9. The monoisotopic (exact) mass is 349 g/mol. The minimum atomic E-state index is -1.02. The van der Waals surface area contributed by atoms with Gasteiger partial charge in [-0.05, 0) is 44.2 Å². The molecule has 1 atom stereocenters. The Bertz CT molecular complexity index is 952. The fourth-order valence-corrected chi connectivity index (χ4v) is 2.69. The van der Waals surface area contributed by atoms with Gasteiger partial charge in [-0.25, -0.2) is 4.98 Å². The molecule has 6 heteroatoms. The van der Waals surface area contributed by atoms with Crippen molar-refractivity contribution < 1.29 is 14.3 Å². The molecule has 1 unspecified atom stereocenters. The summed E-state index contributed by atoms with van der Waals surface area (Å²) in [5.41, 5.74) is 1.87. The molecular weight excluding hydrogens is 330 g/mol. The van der Waals surface area contributed by atoms with E-state index in [1.807, 2.05) is 44.2 Å². The molecule has 0 fully saturated rings. The molecule has 0 radical (unpaired) electrons. The third kappa shape index (κ3) is 3.38. The molecule has 0 spiro atoms. The van der Waals surface area contributed by atoms with Crippen molar-refractivity contribution in [2.45, 2.75) is 25.9 Å². The second kappa shape index (κ2) is 7.28. The first kappa shape index (κ1) is 17.5. The van der Waals surface area contributed by atoms with Gasteiger partial charge in [0.2, 0.25) is 0 Å². The third-order valence-electron chi connectivity index (χ3n) is 3.88. The van der Waals surface area contributed by atoms with Gasteiger partial charge >= 0.3 is 0 Å². The number of nitrogens with one attached hydrogen (secondary N) is 1. The zero-order valence-corrected chi connectivity index (χ0v) is 14.8. The quantitative estimate of drug-likeness (QED) is 0.683. The van der Waals surface area contributed by atoms with Crippen molar-refractivity contribution in [3.63, 3.8) is 0 Å². The molecule has 0 saturated carbocycles. The number of nitriles is 1. The van der Waals surface area contributed by atoms with Gasteiger partial charge in [0.15, 0.2) is 23.2 Å². The molecule has 26 heavy (non-hydrogen) atoms. The van der Waals surface area contributed by atoms with Gasteiger partial charge in [0.25, 0.3) is 0 Å². The molecule has 3 rings (SSSR count). The van der Waals surface area contributed by atoms with Crippen LogP contribution in [0.3, 0.4) is 0 Å². The van der Waals surface area contributed by atoms with Crippen LogP contribution in [0.1, 0.15) is 35.9 Å². The number of H-pyrrole nitrogens is 1. The minimum absolute atomic E-state index is 0.0205. The number of hydrogen-bond acceptors (Lipinski definition) is 5. The molecule has 0 bridgehead atoms. The topological polar surface area (TPSA) is 88.0 Å². The fourth-order valence-electron chi connectivity index (χ4n) is 2.69. The highest BCUT2D eigenvalue weighted by Gasteiger charge is 2.26. The van der Waals surface area contributed by atoms with E-state index in [4.69, 9.17) is 9.47 Å². The maximum absolute atomic E-state index is 12.9. The van der Waals surface area contributed by atoms with Crippen molar-refractivity contribution in [2.24, 2.45) is 0 Å². The van der Waals surface area contributed by atoms with Gasteiger partial charge in [-0.2, -0.15) is 5.26 Å². The number of fused-ring (bicyclic) bond motifs is 1. The number of methoxy groups -OCH3 is 1. The normalized spacial score (nSPS) is 12.0. The van der Waals surface area contributed by atoms with Crippen LogP contribution in [0.5, 0.6) is 11.5 Å². The number of imidazole rings is 1.